The van der Waals surface area contributed by atoms with Crippen LogP contribution in [0.15, 0.2) is 146 Å². The van der Waals surface area contributed by atoms with E-state index in [4.69, 9.17) is 18.9 Å². The van der Waals surface area contributed by atoms with Crippen molar-refractivity contribution in [2.45, 2.75) is 203 Å². The molecule has 2 aliphatic heterocycles. The maximum absolute atomic E-state index is 13.0. The third-order valence-electron chi connectivity index (χ3n) is 12.0. The molecule has 9 N–H and O–H groups in total. The lowest BCUT2D eigenvalue weighted by Crippen LogP contribution is -2.65. The Morgan fingerprint density at radius 2 is 0.932 bits per heavy atom. The second-order valence-corrected chi connectivity index (χ2v) is 18.3. The van der Waals surface area contributed by atoms with Crippen molar-refractivity contribution in [2.75, 3.05) is 19.8 Å². The van der Waals surface area contributed by atoms with E-state index in [-0.39, 0.29) is 18.9 Å². The largest absolute Gasteiger partial charge is 0.394 e. The van der Waals surface area contributed by atoms with E-state index >= 15 is 0 Å². The number of amides is 1. The molecule has 0 aromatic carbocycles. The van der Waals surface area contributed by atoms with E-state index in [1.807, 2.05) is 6.92 Å². The Balaban J connectivity index is 1.58. The summed E-state index contributed by atoms with van der Waals surface area (Å²) in [5.74, 6) is -0.292. The van der Waals surface area contributed by atoms with Crippen LogP contribution in [0.25, 0.3) is 0 Å². The molecule has 0 saturated carbocycles. The molecule has 12 unspecified atom stereocenters. The Kier molecular flexibility index (Phi) is 39.3. The smallest absolute Gasteiger partial charge is 0.220 e. The van der Waals surface area contributed by atoms with Gasteiger partial charge in [0.2, 0.25) is 5.91 Å². The monoisotopic (exact) mass is 1040 g/mol. The first-order valence-corrected chi connectivity index (χ1v) is 27.1. The molecule has 74 heavy (non-hydrogen) atoms. The molecule has 1 amide bonds. The van der Waals surface area contributed by atoms with Crippen molar-refractivity contribution >= 4 is 5.91 Å². The lowest BCUT2D eigenvalue weighted by molar-refractivity contribution is -0.359. The summed E-state index contributed by atoms with van der Waals surface area (Å²) in [6.45, 7) is 2.37. The van der Waals surface area contributed by atoms with Gasteiger partial charge in [-0.3, -0.25) is 4.79 Å². The fourth-order valence-corrected chi connectivity index (χ4v) is 7.65. The molecule has 14 nitrogen and oxygen atoms in total. The first-order chi connectivity index (χ1) is 36.1. The van der Waals surface area contributed by atoms with Crippen molar-refractivity contribution in [2.24, 2.45) is 0 Å². The van der Waals surface area contributed by atoms with Gasteiger partial charge >= 0.3 is 0 Å². The standard InChI is InChI=1S/C60H93NO13/c1-3-5-7-8-9-10-11-12-13-14-15-16-17-18-19-20-21-22-23-24-25-26-27-28-29-30-31-32-33-34-35-36-37-38-39-40-42-44-52(65)61-48(49(64)43-41-6-4-2)47-71-59-57(70)55(68)58(51(46-63)73-59)74-60-56(69)54(67)53(66)50(45-62)72-60/h5,7,9-10,12-13,15-16,18-19,21-22,24-25,27-28,30-31,33-34,36-37,41,43,48-51,53-60,62-64,66-70H,3-4,6,8,11,14,17,20,23,26,29,32,35,38-40,42,44-47H2,1-2H3,(H,61,65)/b7-5-,10-9-,13-12-,16-15-,19-18-,22-21-,25-24-,28-27-,31-30-,34-33-,37-36-,43-41+. The zero-order chi connectivity index (χ0) is 53.9. The minimum Gasteiger partial charge on any atom is -0.394 e. The highest BCUT2D eigenvalue weighted by molar-refractivity contribution is 5.76. The number of carbonyl (C=O) groups is 1. The summed E-state index contributed by atoms with van der Waals surface area (Å²) in [5.41, 5.74) is 0. The van der Waals surface area contributed by atoms with E-state index in [9.17, 15) is 45.6 Å². The molecule has 14 heteroatoms. The van der Waals surface area contributed by atoms with Crippen LogP contribution in [0.4, 0.5) is 0 Å². The zero-order valence-electron chi connectivity index (χ0n) is 44.3. The first kappa shape index (κ1) is 66.0. The van der Waals surface area contributed by atoms with Gasteiger partial charge in [0.05, 0.1) is 32.0 Å². The van der Waals surface area contributed by atoms with Gasteiger partial charge in [0.25, 0.3) is 0 Å². The van der Waals surface area contributed by atoms with Crippen LogP contribution in [-0.4, -0.2) is 140 Å². The van der Waals surface area contributed by atoms with Gasteiger partial charge in [0.1, 0.15) is 48.8 Å². The second kappa shape index (κ2) is 44.0. The van der Waals surface area contributed by atoms with Crippen LogP contribution in [0.2, 0.25) is 0 Å². The minimum atomic E-state index is -1.80. The summed E-state index contributed by atoms with van der Waals surface area (Å²) >= 11 is 0. The van der Waals surface area contributed by atoms with E-state index < -0.39 is 86.8 Å². The van der Waals surface area contributed by atoms with Crippen LogP contribution in [0.1, 0.15) is 129 Å². The fourth-order valence-electron chi connectivity index (χ4n) is 7.65. The maximum Gasteiger partial charge on any atom is 0.220 e. The van der Waals surface area contributed by atoms with Gasteiger partial charge in [-0.1, -0.05) is 173 Å². The molecule has 0 bridgehead atoms. The van der Waals surface area contributed by atoms with Gasteiger partial charge in [-0.2, -0.15) is 0 Å². The van der Waals surface area contributed by atoms with Crippen molar-refractivity contribution in [3.63, 3.8) is 0 Å². The van der Waals surface area contributed by atoms with Gasteiger partial charge < -0.3 is 65.1 Å². The third kappa shape index (κ3) is 29.8. The Bertz CT molecular complexity index is 1790. The number of carbonyl (C=O) groups excluding carboxylic acids is 1. The number of hydrogen-bond acceptors (Lipinski definition) is 13. The Labute approximate surface area is 443 Å². The second-order valence-electron chi connectivity index (χ2n) is 18.3. The Morgan fingerprint density at radius 3 is 1.38 bits per heavy atom. The quantitative estimate of drug-likeness (QED) is 0.0209. The van der Waals surface area contributed by atoms with Crippen LogP contribution < -0.4 is 5.32 Å². The highest BCUT2D eigenvalue weighted by Crippen LogP contribution is 2.30. The number of aliphatic hydroxyl groups is 8. The van der Waals surface area contributed by atoms with E-state index in [1.54, 1.807) is 12.2 Å². The number of aliphatic hydroxyl groups excluding tert-OH is 8. The molecule has 2 heterocycles. The van der Waals surface area contributed by atoms with E-state index in [2.05, 4.69) is 146 Å². The zero-order valence-corrected chi connectivity index (χ0v) is 44.3. The van der Waals surface area contributed by atoms with Crippen molar-refractivity contribution in [3.05, 3.63) is 146 Å². The molecule has 12 atom stereocenters. The van der Waals surface area contributed by atoms with Crippen LogP contribution in [0.5, 0.6) is 0 Å². The number of ether oxygens (including phenoxy) is 4. The third-order valence-corrected chi connectivity index (χ3v) is 12.0. The van der Waals surface area contributed by atoms with Crippen molar-refractivity contribution in [1.29, 1.82) is 0 Å². The molecule has 2 aliphatic rings. The summed E-state index contributed by atoms with van der Waals surface area (Å²) in [7, 11) is 0. The molecule has 2 fully saturated rings. The van der Waals surface area contributed by atoms with Gasteiger partial charge in [0, 0.05) is 6.42 Å². The SMILES string of the molecule is CC/C=C\C/C=C\C/C=C\C/C=C\C/C=C\C/C=C\C/C=C\C/C=C\C/C=C\C/C=C\C/C=C\CCCCCC(=O)NC(COC1OC(CO)C(OC2OC(CO)C(O)C(O)C2O)C(O)C1O)C(O)/C=C/CCC. The molecule has 2 rings (SSSR count). The molecular weight excluding hydrogens is 943 g/mol. The average Bonchev–Trinajstić information content (AvgIpc) is 3.40. The topological polar surface area (TPSA) is 228 Å². The van der Waals surface area contributed by atoms with Gasteiger partial charge in [-0.25, -0.2) is 0 Å². The van der Waals surface area contributed by atoms with Crippen molar-refractivity contribution in [3.8, 4) is 0 Å². The van der Waals surface area contributed by atoms with Gasteiger partial charge in [-0.05, 0) is 96.3 Å². The lowest BCUT2D eigenvalue weighted by atomic mass is 9.97. The summed E-state index contributed by atoms with van der Waals surface area (Å²) in [6.07, 6.45) is 50.2. The van der Waals surface area contributed by atoms with Crippen molar-refractivity contribution in [1.82, 2.24) is 5.32 Å². The average molecular weight is 1040 g/mol. The van der Waals surface area contributed by atoms with Gasteiger partial charge in [-0.15, -0.1) is 0 Å². The van der Waals surface area contributed by atoms with Crippen LogP contribution >= 0.6 is 0 Å². The predicted molar refractivity (Wildman–Crippen MR) is 294 cm³/mol. The van der Waals surface area contributed by atoms with Crippen LogP contribution in [-0.2, 0) is 23.7 Å². The van der Waals surface area contributed by atoms with E-state index in [0.717, 1.165) is 96.3 Å². The number of nitrogens with one attached hydrogen (secondary N) is 1. The molecule has 0 aromatic heterocycles. The van der Waals surface area contributed by atoms with Crippen LogP contribution in [0, 0.1) is 0 Å². The number of unbranched alkanes of at least 4 members (excludes halogenated alkanes) is 4. The summed E-state index contributed by atoms with van der Waals surface area (Å²) in [6, 6.07) is -0.939. The van der Waals surface area contributed by atoms with E-state index in [1.165, 1.54) is 0 Å². The maximum atomic E-state index is 13.0. The summed E-state index contributed by atoms with van der Waals surface area (Å²) < 4.78 is 22.4. The molecule has 0 aromatic rings. The predicted octanol–water partition coefficient (Wildman–Crippen LogP) is 8.21. The number of rotatable bonds is 39. The molecule has 0 aliphatic carbocycles. The summed E-state index contributed by atoms with van der Waals surface area (Å²) in [4.78, 5) is 13.0. The first-order valence-electron chi connectivity index (χ1n) is 27.1. The van der Waals surface area contributed by atoms with Crippen LogP contribution in [0.3, 0.4) is 0 Å². The minimum absolute atomic E-state index is 0.227. The Hall–Kier alpha value is -4.13. The fraction of sp³-hybridized carbons (Fsp3) is 0.583. The highest BCUT2D eigenvalue weighted by Gasteiger charge is 2.51. The number of hydrogen-bond donors (Lipinski definition) is 9. The molecule has 0 radical (unpaired) electrons. The molecule has 0 spiro atoms. The molecule has 416 valence electrons. The Morgan fingerprint density at radius 1 is 0.500 bits per heavy atom. The highest BCUT2D eigenvalue weighted by atomic mass is 16.7. The number of allylic oxidation sites excluding steroid dienone is 23. The summed E-state index contributed by atoms with van der Waals surface area (Å²) in [5, 5.41) is 85.9. The molecule has 2 saturated heterocycles. The van der Waals surface area contributed by atoms with E-state index in [0.29, 0.717) is 12.8 Å². The normalized spacial score (nSPS) is 26.4. The van der Waals surface area contributed by atoms with Gasteiger partial charge in [0.15, 0.2) is 12.6 Å². The molecular formula is C60H93NO13. The van der Waals surface area contributed by atoms with Crippen molar-refractivity contribution < 1.29 is 64.6 Å². The lowest BCUT2D eigenvalue weighted by Gasteiger charge is -2.46.